The van der Waals surface area contributed by atoms with Crippen molar-refractivity contribution in [2.45, 2.75) is 39.5 Å². The molecule has 0 unspecified atom stereocenters. The zero-order chi connectivity index (χ0) is 10.4. The van der Waals surface area contributed by atoms with Crippen LogP contribution in [0.1, 0.15) is 39.5 Å². The van der Waals surface area contributed by atoms with Crippen LogP contribution in [0.2, 0.25) is 0 Å². The van der Waals surface area contributed by atoms with Crippen molar-refractivity contribution < 1.29 is 0 Å². The van der Waals surface area contributed by atoms with Crippen LogP contribution in [0.25, 0.3) is 0 Å². The molecule has 2 heteroatoms. The fourth-order valence-corrected chi connectivity index (χ4v) is 1.79. The van der Waals surface area contributed by atoms with Crippen molar-refractivity contribution in [2.75, 3.05) is 19.6 Å². The van der Waals surface area contributed by atoms with Gasteiger partial charge in [0.05, 0.1) is 6.07 Å². The summed E-state index contributed by atoms with van der Waals surface area (Å²) in [6, 6.07) is 2.23. The molecule has 0 saturated heterocycles. The van der Waals surface area contributed by atoms with Crippen LogP contribution < -0.4 is 0 Å². The van der Waals surface area contributed by atoms with Gasteiger partial charge in [-0.3, -0.25) is 0 Å². The third kappa shape index (κ3) is 5.24. The second kappa shape index (κ2) is 6.03. The highest BCUT2D eigenvalue weighted by Gasteiger charge is 2.21. The average Bonchev–Trinajstić information content (AvgIpc) is 2.92. The van der Waals surface area contributed by atoms with E-state index in [2.05, 4.69) is 24.8 Å². The molecule has 0 aromatic heterocycles. The van der Waals surface area contributed by atoms with Crippen molar-refractivity contribution in [1.82, 2.24) is 4.90 Å². The van der Waals surface area contributed by atoms with Gasteiger partial charge in [0.25, 0.3) is 0 Å². The first-order chi connectivity index (χ1) is 6.72. The summed E-state index contributed by atoms with van der Waals surface area (Å²) in [6.45, 7) is 7.80. The Hall–Kier alpha value is -0.550. The molecule has 1 fully saturated rings. The van der Waals surface area contributed by atoms with E-state index in [0.29, 0.717) is 12.3 Å². The first-order valence-electron chi connectivity index (χ1n) is 5.81. The molecule has 0 aromatic carbocycles. The van der Waals surface area contributed by atoms with Crippen LogP contribution in [-0.2, 0) is 0 Å². The van der Waals surface area contributed by atoms with Gasteiger partial charge in [0, 0.05) is 19.5 Å². The molecule has 0 amide bonds. The van der Waals surface area contributed by atoms with Crippen LogP contribution in [0.4, 0.5) is 0 Å². The number of nitriles is 1. The normalized spacial score (nSPS) is 16.2. The highest BCUT2D eigenvalue weighted by atomic mass is 15.1. The Morgan fingerprint density at radius 3 is 2.57 bits per heavy atom. The quantitative estimate of drug-likeness (QED) is 0.623. The molecule has 1 rings (SSSR count). The maximum absolute atomic E-state index is 8.56. The van der Waals surface area contributed by atoms with Crippen LogP contribution in [0.5, 0.6) is 0 Å². The molecule has 0 spiro atoms. The highest BCUT2D eigenvalue weighted by Crippen LogP contribution is 2.32. The van der Waals surface area contributed by atoms with Crippen molar-refractivity contribution in [2.24, 2.45) is 11.8 Å². The minimum atomic E-state index is 0.678. The second-order valence-electron chi connectivity index (χ2n) is 4.83. The molecule has 80 valence electrons. The molecular weight excluding hydrogens is 172 g/mol. The van der Waals surface area contributed by atoms with Gasteiger partial charge in [-0.1, -0.05) is 26.7 Å². The van der Waals surface area contributed by atoms with Crippen molar-refractivity contribution in [3.8, 4) is 6.07 Å². The Morgan fingerprint density at radius 1 is 1.36 bits per heavy atom. The van der Waals surface area contributed by atoms with E-state index in [0.717, 1.165) is 19.0 Å². The van der Waals surface area contributed by atoms with Crippen LogP contribution in [0.3, 0.4) is 0 Å². The van der Waals surface area contributed by atoms with Gasteiger partial charge in [0.15, 0.2) is 0 Å². The van der Waals surface area contributed by atoms with Crippen LogP contribution in [0.15, 0.2) is 0 Å². The molecule has 0 atom stereocenters. The molecule has 0 N–H and O–H groups in total. The lowest BCUT2D eigenvalue weighted by atomic mass is 10.2. The molecule has 1 saturated carbocycles. The molecule has 1 aliphatic rings. The molecular formula is C12H22N2. The van der Waals surface area contributed by atoms with Crippen molar-refractivity contribution in [3.05, 3.63) is 0 Å². The largest absolute Gasteiger partial charge is 0.302 e. The summed E-state index contributed by atoms with van der Waals surface area (Å²) in [5, 5.41) is 8.56. The lowest BCUT2D eigenvalue weighted by Crippen LogP contribution is -2.30. The summed E-state index contributed by atoms with van der Waals surface area (Å²) in [5.74, 6) is 1.72. The predicted octanol–water partition coefficient (Wildman–Crippen LogP) is 2.66. The van der Waals surface area contributed by atoms with Gasteiger partial charge in [-0.15, -0.1) is 0 Å². The first-order valence-corrected chi connectivity index (χ1v) is 5.81. The summed E-state index contributed by atoms with van der Waals surface area (Å²) < 4.78 is 0. The summed E-state index contributed by atoms with van der Waals surface area (Å²) >= 11 is 0. The summed E-state index contributed by atoms with van der Waals surface area (Å²) in [6.07, 6.45) is 4.90. The maximum atomic E-state index is 8.56. The van der Waals surface area contributed by atoms with E-state index in [4.69, 9.17) is 5.26 Å². The zero-order valence-corrected chi connectivity index (χ0v) is 9.50. The van der Waals surface area contributed by atoms with Crippen molar-refractivity contribution >= 4 is 0 Å². The standard InChI is InChI=1S/C12H22N2/c1-11(2)10-14(8-3-7-13)9-6-12-4-5-12/h11-12H,3-6,8-10H2,1-2H3. The average molecular weight is 194 g/mol. The fraction of sp³-hybridized carbons (Fsp3) is 0.917. The SMILES string of the molecule is CC(C)CN(CCC#N)CCC1CC1. The highest BCUT2D eigenvalue weighted by molar-refractivity contribution is 4.77. The van der Waals surface area contributed by atoms with E-state index in [1.165, 1.54) is 25.8 Å². The van der Waals surface area contributed by atoms with E-state index in [1.807, 2.05) is 0 Å². The Balaban J connectivity index is 2.16. The van der Waals surface area contributed by atoms with Gasteiger partial charge in [0.1, 0.15) is 0 Å². The van der Waals surface area contributed by atoms with Gasteiger partial charge >= 0.3 is 0 Å². The van der Waals surface area contributed by atoms with Gasteiger partial charge in [-0.05, 0) is 24.8 Å². The van der Waals surface area contributed by atoms with E-state index in [-0.39, 0.29) is 0 Å². The van der Waals surface area contributed by atoms with E-state index < -0.39 is 0 Å². The fourth-order valence-electron chi connectivity index (χ4n) is 1.79. The van der Waals surface area contributed by atoms with Gasteiger partial charge in [-0.2, -0.15) is 5.26 Å². The number of hydrogen-bond donors (Lipinski definition) is 0. The maximum Gasteiger partial charge on any atom is 0.0635 e. The Kier molecular flexibility index (Phi) is 4.97. The summed E-state index contributed by atoms with van der Waals surface area (Å²) in [7, 11) is 0. The Labute approximate surface area is 87.9 Å². The number of rotatable bonds is 7. The number of hydrogen-bond acceptors (Lipinski definition) is 2. The molecule has 0 radical (unpaired) electrons. The van der Waals surface area contributed by atoms with E-state index >= 15 is 0 Å². The van der Waals surface area contributed by atoms with Crippen LogP contribution in [0, 0.1) is 23.2 Å². The monoisotopic (exact) mass is 194 g/mol. The Morgan fingerprint density at radius 2 is 2.07 bits per heavy atom. The molecule has 0 bridgehead atoms. The van der Waals surface area contributed by atoms with Crippen molar-refractivity contribution in [1.29, 1.82) is 5.26 Å². The topological polar surface area (TPSA) is 27.0 Å². The third-order valence-electron chi connectivity index (χ3n) is 2.71. The minimum absolute atomic E-state index is 0.678. The van der Waals surface area contributed by atoms with Crippen LogP contribution >= 0.6 is 0 Å². The lowest BCUT2D eigenvalue weighted by Gasteiger charge is -2.22. The zero-order valence-electron chi connectivity index (χ0n) is 9.50. The molecule has 0 heterocycles. The molecule has 14 heavy (non-hydrogen) atoms. The van der Waals surface area contributed by atoms with Gasteiger partial charge in [0.2, 0.25) is 0 Å². The molecule has 0 aliphatic heterocycles. The minimum Gasteiger partial charge on any atom is -0.302 e. The first kappa shape index (κ1) is 11.5. The Bertz CT molecular complexity index is 189. The van der Waals surface area contributed by atoms with E-state index in [9.17, 15) is 0 Å². The molecule has 0 aromatic rings. The molecule has 1 aliphatic carbocycles. The summed E-state index contributed by atoms with van der Waals surface area (Å²) in [5.41, 5.74) is 0. The smallest absolute Gasteiger partial charge is 0.0635 e. The molecule has 2 nitrogen and oxygen atoms in total. The van der Waals surface area contributed by atoms with E-state index in [1.54, 1.807) is 0 Å². The predicted molar refractivity (Wildman–Crippen MR) is 58.8 cm³/mol. The summed E-state index contributed by atoms with van der Waals surface area (Å²) in [4.78, 5) is 2.45. The van der Waals surface area contributed by atoms with Gasteiger partial charge in [-0.25, -0.2) is 0 Å². The van der Waals surface area contributed by atoms with Gasteiger partial charge < -0.3 is 4.90 Å². The second-order valence-corrected chi connectivity index (χ2v) is 4.83. The number of nitrogens with zero attached hydrogens (tertiary/aromatic N) is 2. The third-order valence-corrected chi connectivity index (χ3v) is 2.71. The van der Waals surface area contributed by atoms with Crippen molar-refractivity contribution in [3.63, 3.8) is 0 Å². The lowest BCUT2D eigenvalue weighted by molar-refractivity contribution is 0.242. The van der Waals surface area contributed by atoms with Crippen LogP contribution in [-0.4, -0.2) is 24.5 Å².